The van der Waals surface area contributed by atoms with Crippen LogP contribution in [0.3, 0.4) is 0 Å². The highest BCUT2D eigenvalue weighted by Gasteiger charge is 2.35. The lowest BCUT2D eigenvalue weighted by molar-refractivity contribution is 0.578. The molecule has 0 bridgehead atoms. The molecule has 0 radical (unpaired) electrons. The predicted molar refractivity (Wildman–Crippen MR) is 248 cm³/mol. The standard InChI is InChI=1S/C50H56N8O4/c1-11-13-24-37(12-2)55-47(59)43(33(3)51(55)7)41(44-34(4)52(8)56(48(44)60)38-25-17-14-18-26-38)31-23-32-42(45-35(5)53(9)57(49(45)61)39-27-19-15-20-28-39)46-36(6)54(10)58(50(46)62)40-29-21-16-22-30-40/h11-22,24-30,41-42H,1,23,31-32H2,2-10H3/b24-13-,37-12+/t41-/m0/s1. The Bertz CT molecular complexity index is 2980. The summed E-state index contributed by atoms with van der Waals surface area (Å²) in [5.41, 5.74) is 7.03. The molecule has 0 unspecified atom stereocenters. The molecule has 12 nitrogen and oxygen atoms in total. The Balaban J connectivity index is 1.42. The van der Waals surface area contributed by atoms with Crippen LogP contribution in [0.1, 0.15) is 83.1 Å². The van der Waals surface area contributed by atoms with E-state index in [2.05, 4.69) is 6.58 Å². The van der Waals surface area contributed by atoms with Gasteiger partial charge >= 0.3 is 0 Å². The fraction of sp³-hybridized carbons (Fsp3) is 0.280. The largest absolute Gasteiger partial charge is 0.285 e. The summed E-state index contributed by atoms with van der Waals surface area (Å²) in [6.07, 6.45) is 8.40. The fourth-order valence-corrected chi connectivity index (χ4v) is 9.24. The van der Waals surface area contributed by atoms with E-state index in [1.165, 1.54) is 0 Å². The molecule has 4 heterocycles. The Morgan fingerprint density at radius 3 is 1.16 bits per heavy atom. The van der Waals surface area contributed by atoms with E-state index < -0.39 is 11.8 Å². The molecule has 7 rings (SSSR count). The van der Waals surface area contributed by atoms with Crippen molar-refractivity contribution in [2.45, 2.75) is 65.7 Å². The lowest BCUT2D eigenvalue weighted by atomic mass is 9.82. The van der Waals surface area contributed by atoms with Crippen LogP contribution >= 0.6 is 0 Å². The number of allylic oxidation sites excluding steroid dienone is 5. The monoisotopic (exact) mass is 832 g/mol. The van der Waals surface area contributed by atoms with E-state index in [4.69, 9.17) is 0 Å². The molecule has 4 aromatic heterocycles. The molecule has 0 aliphatic heterocycles. The van der Waals surface area contributed by atoms with E-state index >= 15 is 0 Å². The van der Waals surface area contributed by atoms with Gasteiger partial charge in [0.05, 0.1) is 22.8 Å². The zero-order valence-corrected chi connectivity index (χ0v) is 37.2. The van der Waals surface area contributed by atoms with Crippen LogP contribution in [0.4, 0.5) is 0 Å². The highest BCUT2D eigenvalue weighted by atomic mass is 16.2. The van der Waals surface area contributed by atoms with Crippen LogP contribution in [-0.2, 0) is 28.2 Å². The number of aromatic nitrogens is 8. The first-order valence-electron chi connectivity index (χ1n) is 21.0. The molecule has 0 N–H and O–H groups in total. The molecule has 0 saturated carbocycles. The summed E-state index contributed by atoms with van der Waals surface area (Å²) in [5, 5.41) is 0. The summed E-state index contributed by atoms with van der Waals surface area (Å²) < 4.78 is 14.0. The van der Waals surface area contributed by atoms with Crippen molar-refractivity contribution in [3.05, 3.63) is 208 Å². The topological polar surface area (TPSA) is 108 Å². The second-order valence-corrected chi connectivity index (χ2v) is 15.9. The Kier molecular flexibility index (Phi) is 12.1. The molecule has 0 aliphatic carbocycles. The van der Waals surface area contributed by atoms with Gasteiger partial charge in [-0.05, 0) is 89.9 Å². The smallest absolute Gasteiger partial charge is 0.275 e. The minimum atomic E-state index is -0.628. The van der Waals surface area contributed by atoms with E-state index in [-0.39, 0.29) is 22.2 Å². The van der Waals surface area contributed by atoms with E-state index in [9.17, 15) is 19.2 Å². The molecule has 0 saturated heterocycles. The number of hydrogen-bond acceptors (Lipinski definition) is 4. The molecular formula is C50H56N8O4. The van der Waals surface area contributed by atoms with Crippen molar-refractivity contribution in [2.75, 3.05) is 0 Å². The molecule has 62 heavy (non-hydrogen) atoms. The van der Waals surface area contributed by atoms with Gasteiger partial charge in [-0.15, -0.1) is 0 Å². The number of nitrogens with zero attached hydrogens (tertiary/aromatic N) is 8. The Labute approximate surface area is 361 Å². The summed E-state index contributed by atoms with van der Waals surface area (Å²) in [4.78, 5) is 59.4. The Hall–Kier alpha value is -7.08. The zero-order valence-electron chi connectivity index (χ0n) is 37.2. The molecule has 0 amide bonds. The van der Waals surface area contributed by atoms with Crippen LogP contribution < -0.4 is 22.2 Å². The van der Waals surface area contributed by atoms with Crippen molar-refractivity contribution in [1.29, 1.82) is 0 Å². The summed E-state index contributed by atoms with van der Waals surface area (Å²) >= 11 is 0. The molecule has 0 spiro atoms. The highest BCUT2D eigenvalue weighted by molar-refractivity contribution is 5.57. The third kappa shape index (κ3) is 7.18. The van der Waals surface area contributed by atoms with Crippen molar-refractivity contribution in [3.63, 3.8) is 0 Å². The van der Waals surface area contributed by atoms with Gasteiger partial charge in [0.25, 0.3) is 22.2 Å². The molecule has 320 valence electrons. The van der Waals surface area contributed by atoms with Gasteiger partial charge in [-0.25, -0.2) is 18.7 Å². The second kappa shape index (κ2) is 17.5. The minimum absolute atomic E-state index is 0.204. The van der Waals surface area contributed by atoms with Crippen molar-refractivity contribution >= 4 is 5.70 Å². The van der Waals surface area contributed by atoms with Crippen LogP contribution in [0, 0.1) is 27.7 Å². The van der Waals surface area contributed by atoms with Gasteiger partial charge < -0.3 is 0 Å². The van der Waals surface area contributed by atoms with Crippen molar-refractivity contribution in [2.24, 2.45) is 28.2 Å². The zero-order chi connectivity index (χ0) is 44.6. The summed E-state index contributed by atoms with van der Waals surface area (Å²) in [6, 6.07) is 28.5. The van der Waals surface area contributed by atoms with Crippen LogP contribution in [0.5, 0.6) is 0 Å². The maximum Gasteiger partial charge on any atom is 0.275 e. The van der Waals surface area contributed by atoms with Gasteiger partial charge in [0, 0.05) is 85.1 Å². The lowest BCUT2D eigenvalue weighted by Gasteiger charge is -2.19. The number of rotatable bonds is 14. The minimum Gasteiger partial charge on any atom is -0.285 e. The van der Waals surface area contributed by atoms with Crippen molar-refractivity contribution in [3.8, 4) is 17.1 Å². The van der Waals surface area contributed by atoms with Gasteiger partial charge in [0.2, 0.25) is 0 Å². The number of hydrogen-bond donors (Lipinski definition) is 0. The third-order valence-electron chi connectivity index (χ3n) is 12.7. The third-order valence-corrected chi connectivity index (χ3v) is 12.7. The van der Waals surface area contributed by atoms with Crippen LogP contribution in [0.15, 0.2) is 141 Å². The second-order valence-electron chi connectivity index (χ2n) is 15.9. The van der Waals surface area contributed by atoms with Gasteiger partial charge in [-0.1, -0.05) is 85.8 Å². The first kappa shape index (κ1) is 43.0. The van der Waals surface area contributed by atoms with Gasteiger partial charge in [0.15, 0.2) is 0 Å². The normalized spacial score (nSPS) is 12.6. The quantitative estimate of drug-likeness (QED) is 0.105. The molecule has 12 heteroatoms. The average Bonchev–Trinajstić information content (AvgIpc) is 3.82. The van der Waals surface area contributed by atoms with E-state index in [1.54, 1.807) is 30.9 Å². The van der Waals surface area contributed by atoms with Crippen LogP contribution in [0.25, 0.3) is 22.8 Å². The lowest BCUT2D eigenvalue weighted by Crippen LogP contribution is -2.27. The van der Waals surface area contributed by atoms with Gasteiger partial charge in [0.1, 0.15) is 0 Å². The predicted octanol–water partition coefficient (Wildman–Crippen LogP) is 7.63. The molecule has 7 aromatic rings. The SMILES string of the molecule is C=C/C=C\C(=C/C)n1c(=O)c([C@H](CCCC(c2c(C)n(C)n(-c3ccccc3)c2=O)c2c(C)n(C)n(-c3ccccc3)c2=O)c2c(C)n(C)n(-c3ccccc3)c2=O)c(C)n1C. The van der Waals surface area contributed by atoms with E-state index in [0.717, 1.165) is 22.8 Å². The van der Waals surface area contributed by atoms with E-state index in [1.807, 2.05) is 185 Å². The maximum atomic E-state index is 14.9. The number of para-hydroxylation sites is 3. The van der Waals surface area contributed by atoms with Crippen LogP contribution in [-0.4, -0.2) is 37.5 Å². The summed E-state index contributed by atoms with van der Waals surface area (Å²) in [7, 11) is 7.44. The Morgan fingerprint density at radius 1 is 0.516 bits per heavy atom. The van der Waals surface area contributed by atoms with Gasteiger partial charge in [-0.2, -0.15) is 0 Å². The molecule has 3 aromatic carbocycles. The van der Waals surface area contributed by atoms with E-state index in [0.29, 0.717) is 64.3 Å². The maximum absolute atomic E-state index is 14.9. The average molecular weight is 833 g/mol. The van der Waals surface area contributed by atoms with Gasteiger partial charge in [-0.3, -0.25) is 37.9 Å². The first-order valence-corrected chi connectivity index (χ1v) is 21.0. The number of benzene rings is 3. The van der Waals surface area contributed by atoms with Crippen molar-refractivity contribution < 1.29 is 0 Å². The van der Waals surface area contributed by atoms with Crippen molar-refractivity contribution in [1.82, 2.24) is 37.5 Å². The molecule has 0 aliphatic rings. The highest BCUT2D eigenvalue weighted by Crippen LogP contribution is 2.36. The fourth-order valence-electron chi connectivity index (χ4n) is 9.24. The molecule has 0 fully saturated rings. The molecular weight excluding hydrogens is 777 g/mol. The summed E-state index contributed by atoms with van der Waals surface area (Å²) in [6.45, 7) is 13.4. The first-order chi connectivity index (χ1) is 29.8. The van der Waals surface area contributed by atoms with Crippen LogP contribution in [0.2, 0.25) is 0 Å². The molecule has 1 atom stereocenters. The summed E-state index contributed by atoms with van der Waals surface area (Å²) in [5.74, 6) is -1.25. The Morgan fingerprint density at radius 2 is 0.839 bits per heavy atom.